The highest BCUT2D eigenvalue weighted by atomic mass is 28.4. The van der Waals surface area contributed by atoms with Gasteiger partial charge < -0.3 is 9.33 Å². The van der Waals surface area contributed by atoms with E-state index in [0.717, 1.165) is 37.5 Å². The van der Waals surface area contributed by atoms with E-state index < -0.39 is 8.32 Å². The van der Waals surface area contributed by atoms with Crippen LogP contribution in [0.1, 0.15) is 55.2 Å². The second-order valence-corrected chi connectivity index (χ2v) is 15.1. The normalized spacial score (nSPS) is 17.4. The van der Waals surface area contributed by atoms with Gasteiger partial charge in [-0.25, -0.2) is 0 Å². The lowest BCUT2D eigenvalue weighted by Gasteiger charge is -2.39. The van der Waals surface area contributed by atoms with Crippen molar-refractivity contribution in [2.75, 3.05) is 33.2 Å². The number of ketones is 1. The quantitative estimate of drug-likeness (QED) is 0.433. The number of benzene rings is 2. The molecule has 1 saturated heterocycles. The number of hydrogen-bond donors (Lipinski definition) is 0. The Morgan fingerprint density at radius 2 is 1.58 bits per heavy atom. The summed E-state index contributed by atoms with van der Waals surface area (Å²) >= 11 is 0. The van der Waals surface area contributed by atoms with Crippen LogP contribution in [-0.2, 0) is 0 Å². The molecule has 168 valence electrons. The van der Waals surface area contributed by atoms with Crippen molar-refractivity contribution in [3.05, 3.63) is 65.2 Å². The molecule has 1 aliphatic heterocycles. The number of nitrogens with zero attached hydrogens (tertiary/aromatic N) is 2. The molecule has 2 aromatic carbocycles. The van der Waals surface area contributed by atoms with E-state index >= 15 is 0 Å². The number of carbonyl (C=O) groups excluding carboxylic acids is 1. The summed E-state index contributed by atoms with van der Waals surface area (Å²) in [5, 5.41) is 0.155. The van der Waals surface area contributed by atoms with Crippen molar-refractivity contribution in [3.8, 4) is 5.75 Å². The Morgan fingerprint density at radius 1 is 0.968 bits per heavy atom. The van der Waals surface area contributed by atoms with Gasteiger partial charge in [0.05, 0.1) is 6.04 Å². The Morgan fingerprint density at radius 3 is 2.13 bits per heavy atom. The lowest BCUT2D eigenvalue weighted by atomic mass is 9.95. The smallest absolute Gasteiger partial charge is 0.250 e. The molecule has 1 heterocycles. The molecule has 0 aliphatic carbocycles. The van der Waals surface area contributed by atoms with Crippen molar-refractivity contribution in [2.24, 2.45) is 0 Å². The van der Waals surface area contributed by atoms with Gasteiger partial charge in [0.15, 0.2) is 5.78 Å². The number of likely N-dealkylation sites (N-methyl/N-ethyl adjacent to an activating group) is 1. The van der Waals surface area contributed by atoms with Crippen molar-refractivity contribution < 1.29 is 9.22 Å². The molecule has 1 unspecified atom stereocenters. The highest BCUT2D eigenvalue weighted by Gasteiger charge is 2.39. The van der Waals surface area contributed by atoms with Crippen LogP contribution in [0.4, 0.5) is 0 Å². The van der Waals surface area contributed by atoms with Crippen LogP contribution in [0.3, 0.4) is 0 Å². The second-order valence-electron chi connectivity index (χ2n) is 10.4. The predicted octanol–water partition coefficient (Wildman–Crippen LogP) is 5.61. The van der Waals surface area contributed by atoms with Gasteiger partial charge in [-0.2, -0.15) is 0 Å². The SMILES string of the molecule is CC(=O)c1ccc(C(c2cccc(O[Si](C)(C)C(C)(C)C)c2)N2CCN(C)CC2)cc1. The van der Waals surface area contributed by atoms with E-state index in [4.69, 9.17) is 4.43 Å². The van der Waals surface area contributed by atoms with Gasteiger partial charge in [-0.1, -0.05) is 57.2 Å². The third-order valence-electron chi connectivity index (χ3n) is 6.89. The maximum atomic E-state index is 11.8. The topological polar surface area (TPSA) is 32.8 Å². The molecule has 0 N–H and O–H groups in total. The van der Waals surface area contributed by atoms with Gasteiger partial charge in [0.1, 0.15) is 5.75 Å². The minimum atomic E-state index is -1.91. The zero-order chi connectivity index (χ0) is 22.8. The number of hydrogen-bond acceptors (Lipinski definition) is 4. The summed E-state index contributed by atoms with van der Waals surface area (Å²) in [4.78, 5) is 16.7. The van der Waals surface area contributed by atoms with Crippen molar-refractivity contribution in [2.45, 2.75) is 51.9 Å². The van der Waals surface area contributed by atoms with E-state index in [1.807, 2.05) is 12.1 Å². The van der Waals surface area contributed by atoms with Gasteiger partial charge in [0.2, 0.25) is 8.32 Å². The van der Waals surface area contributed by atoms with Crippen LogP contribution in [0.5, 0.6) is 5.75 Å². The number of Topliss-reactive ketones (excluding diaryl/α,β-unsaturated/α-hetero) is 1. The molecule has 4 nitrogen and oxygen atoms in total. The fraction of sp³-hybridized carbons (Fsp3) is 0.500. The first-order valence-corrected chi connectivity index (χ1v) is 14.2. The van der Waals surface area contributed by atoms with Crippen molar-refractivity contribution >= 4 is 14.1 Å². The van der Waals surface area contributed by atoms with Gasteiger partial charge in [-0.15, -0.1) is 0 Å². The summed E-state index contributed by atoms with van der Waals surface area (Å²) in [6, 6.07) is 16.9. The fourth-order valence-corrected chi connectivity index (χ4v) is 4.81. The Balaban J connectivity index is 1.96. The molecular formula is C26H38N2O2Si. The van der Waals surface area contributed by atoms with Crippen molar-refractivity contribution in [1.29, 1.82) is 0 Å². The van der Waals surface area contributed by atoms with E-state index in [2.05, 4.69) is 87.1 Å². The van der Waals surface area contributed by atoms with Crippen LogP contribution < -0.4 is 4.43 Å². The van der Waals surface area contributed by atoms with Gasteiger partial charge in [-0.05, 0) is 55.4 Å². The van der Waals surface area contributed by atoms with Crippen LogP contribution in [-0.4, -0.2) is 57.1 Å². The molecule has 3 rings (SSSR count). The highest BCUT2D eigenvalue weighted by Crippen LogP contribution is 2.38. The van der Waals surface area contributed by atoms with E-state index in [1.165, 1.54) is 11.1 Å². The number of rotatable bonds is 6. The second kappa shape index (κ2) is 9.27. The average Bonchev–Trinajstić information content (AvgIpc) is 2.69. The summed E-state index contributed by atoms with van der Waals surface area (Å²) in [6.07, 6.45) is 0. The third-order valence-corrected chi connectivity index (χ3v) is 11.2. The Kier molecular flexibility index (Phi) is 7.09. The molecule has 1 atom stereocenters. The van der Waals surface area contributed by atoms with E-state index in [-0.39, 0.29) is 16.9 Å². The van der Waals surface area contributed by atoms with E-state index in [1.54, 1.807) is 6.92 Å². The van der Waals surface area contributed by atoms with E-state index in [9.17, 15) is 4.79 Å². The first-order chi connectivity index (χ1) is 14.5. The van der Waals surface area contributed by atoms with Crippen LogP contribution in [0.2, 0.25) is 18.1 Å². The maximum absolute atomic E-state index is 11.8. The summed E-state index contributed by atoms with van der Waals surface area (Å²) < 4.78 is 6.62. The minimum Gasteiger partial charge on any atom is -0.543 e. The van der Waals surface area contributed by atoms with Gasteiger partial charge >= 0.3 is 0 Å². The molecule has 0 amide bonds. The molecule has 1 fully saturated rings. The van der Waals surface area contributed by atoms with Crippen LogP contribution in [0.25, 0.3) is 0 Å². The van der Waals surface area contributed by atoms with E-state index in [0.29, 0.717) is 0 Å². The summed E-state index contributed by atoms with van der Waals surface area (Å²) in [5.74, 6) is 1.07. The molecule has 31 heavy (non-hydrogen) atoms. The standard InChI is InChI=1S/C26H38N2O2Si/c1-20(29)21-11-13-22(14-12-21)25(28-17-15-27(5)16-18-28)23-9-8-10-24(19-23)30-31(6,7)26(2,3)4/h8-14,19,25H,15-18H2,1-7H3. The van der Waals surface area contributed by atoms with Crippen LogP contribution in [0, 0.1) is 0 Å². The molecule has 0 radical (unpaired) electrons. The van der Waals surface area contributed by atoms with Gasteiger partial charge in [0.25, 0.3) is 0 Å². The Labute approximate surface area is 189 Å². The average molecular weight is 439 g/mol. The first-order valence-electron chi connectivity index (χ1n) is 11.3. The molecule has 0 aromatic heterocycles. The number of piperazine rings is 1. The molecule has 5 heteroatoms. The highest BCUT2D eigenvalue weighted by molar-refractivity contribution is 6.74. The Bertz CT molecular complexity index is 894. The number of carbonyl (C=O) groups is 1. The van der Waals surface area contributed by atoms with Gasteiger partial charge in [-0.3, -0.25) is 9.69 Å². The summed E-state index contributed by atoms with van der Waals surface area (Å²) in [7, 11) is 0.273. The summed E-state index contributed by atoms with van der Waals surface area (Å²) in [6.45, 7) is 17.2. The maximum Gasteiger partial charge on any atom is 0.250 e. The first kappa shape index (κ1) is 23.7. The van der Waals surface area contributed by atoms with Crippen LogP contribution >= 0.6 is 0 Å². The lowest BCUT2D eigenvalue weighted by molar-refractivity contribution is 0.101. The largest absolute Gasteiger partial charge is 0.543 e. The van der Waals surface area contributed by atoms with Crippen molar-refractivity contribution in [1.82, 2.24) is 9.80 Å². The molecular weight excluding hydrogens is 400 g/mol. The third kappa shape index (κ3) is 5.65. The fourth-order valence-electron chi connectivity index (χ4n) is 3.79. The zero-order valence-electron chi connectivity index (χ0n) is 20.2. The molecule has 0 spiro atoms. The molecule has 1 aliphatic rings. The Hall–Kier alpha value is -1.95. The molecule has 0 saturated carbocycles. The lowest BCUT2D eigenvalue weighted by Crippen LogP contribution is -2.46. The molecule has 0 bridgehead atoms. The molecule has 2 aromatic rings. The zero-order valence-corrected chi connectivity index (χ0v) is 21.2. The predicted molar refractivity (Wildman–Crippen MR) is 132 cm³/mol. The van der Waals surface area contributed by atoms with Crippen LogP contribution in [0.15, 0.2) is 48.5 Å². The van der Waals surface area contributed by atoms with Crippen molar-refractivity contribution in [3.63, 3.8) is 0 Å². The monoisotopic (exact) mass is 438 g/mol. The summed E-state index contributed by atoms with van der Waals surface area (Å²) in [5.41, 5.74) is 3.23. The van der Waals surface area contributed by atoms with Gasteiger partial charge in [0, 0.05) is 31.7 Å². The minimum absolute atomic E-state index is 0.104.